The van der Waals surface area contributed by atoms with Crippen molar-refractivity contribution in [2.24, 2.45) is 0 Å². The topological polar surface area (TPSA) is 79.5 Å². The first-order valence-electron chi connectivity index (χ1n) is 6.09. The van der Waals surface area contributed by atoms with Crippen LogP contribution in [0.5, 0.6) is 11.6 Å². The van der Waals surface area contributed by atoms with Gasteiger partial charge in [-0.3, -0.25) is 0 Å². The van der Waals surface area contributed by atoms with Crippen molar-refractivity contribution in [2.75, 3.05) is 20.0 Å². The summed E-state index contributed by atoms with van der Waals surface area (Å²) in [6.45, 7) is 0.667. The molecule has 1 aromatic carbocycles. The third kappa shape index (κ3) is 3.83. The highest BCUT2D eigenvalue weighted by Crippen LogP contribution is 2.16. The van der Waals surface area contributed by atoms with Gasteiger partial charge in [-0.1, -0.05) is 12.1 Å². The number of nitrogens with two attached hydrogens (primary N) is 1. The van der Waals surface area contributed by atoms with Gasteiger partial charge in [0.15, 0.2) is 5.82 Å². The average Bonchev–Trinajstić information content (AvgIpc) is 2.45. The lowest BCUT2D eigenvalue weighted by molar-refractivity contribution is 0.176. The number of benzene rings is 1. The van der Waals surface area contributed by atoms with Gasteiger partial charge >= 0.3 is 0 Å². The van der Waals surface area contributed by atoms with Crippen LogP contribution in [0.2, 0.25) is 0 Å². The predicted octanol–water partition coefficient (Wildman–Crippen LogP) is 1.79. The Hall–Kier alpha value is -2.34. The molecule has 0 bridgehead atoms. The molecule has 20 heavy (non-hydrogen) atoms. The summed E-state index contributed by atoms with van der Waals surface area (Å²) in [5, 5.41) is 0. The number of rotatable bonds is 6. The molecule has 0 aliphatic heterocycles. The van der Waals surface area contributed by atoms with Gasteiger partial charge < -0.3 is 19.9 Å². The Kier molecular flexibility index (Phi) is 4.73. The van der Waals surface area contributed by atoms with Crippen LogP contribution in [0.15, 0.2) is 30.3 Å². The molecule has 0 aliphatic carbocycles. The molecular weight excluding hydrogens is 258 g/mol. The van der Waals surface area contributed by atoms with Crippen molar-refractivity contribution in [3.8, 4) is 11.6 Å². The van der Waals surface area contributed by atoms with E-state index in [9.17, 15) is 0 Å². The molecule has 1 heterocycles. The van der Waals surface area contributed by atoms with Gasteiger partial charge in [-0.25, -0.2) is 4.98 Å². The van der Waals surface area contributed by atoms with E-state index in [1.165, 1.54) is 0 Å². The van der Waals surface area contributed by atoms with Gasteiger partial charge in [0.2, 0.25) is 5.88 Å². The molecule has 1 aromatic heterocycles. The summed E-state index contributed by atoms with van der Waals surface area (Å²) in [6, 6.07) is 9.22. The van der Waals surface area contributed by atoms with Gasteiger partial charge in [-0.2, -0.15) is 4.98 Å². The number of hydrogen-bond donors (Lipinski definition) is 1. The van der Waals surface area contributed by atoms with Crippen molar-refractivity contribution in [1.82, 2.24) is 9.97 Å². The Morgan fingerprint density at radius 3 is 2.70 bits per heavy atom. The van der Waals surface area contributed by atoms with Crippen LogP contribution in [0.3, 0.4) is 0 Å². The van der Waals surface area contributed by atoms with Gasteiger partial charge in [0.25, 0.3) is 0 Å². The maximum absolute atomic E-state index is 5.70. The first-order chi connectivity index (χ1) is 9.71. The van der Waals surface area contributed by atoms with E-state index in [-0.39, 0.29) is 0 Å². The molecule has 0 saturated carbocycles. The standard InChI is InChI=1S/C14H17N3O3/c1-18-9-13-16-12(15)7-14(17-13)20-8-10-4-3-5-11(6-10)19-2/h3-7H,8-9H2,1-2H3,(H2,15,16,17). The van der Waals surface area contributed by atoms with E-state index in [4.69, 9.17) is 19.9 Å². The fourth-order valence-corrected chi connectivity index (χ4v) is 1.68. The Bertz CT molecular complexity index is 575. The molecule has 0 fully saturated rings. The fourth-order valence-electron chi connectivity index (χ4n) is 1.68. The number of aromatic nitrogens is 2. The molecule has 106 valence electrons. The summed E-state index contributed by atoms with van der Waals surface area (Å²) in [5.41, 5.74) is 6.68. The minimum absolute atomic E-state index is 0.292. The van der Waals surface area contributed by atoms with Crippen LogP contribution in [0.25, 0.3) is 0 Å². The zero-order chi connectivity index (χ0) is 14.4. The molecule has 6 heteroatoms. The highest BCUT2D eigenvalue weighted by molar-refractivity contribution is 5.33. The molecule has 0 amide bonds. The normalized spacial score (nSPS) is 10.3. The van der Waals surface area contributed by atoms with E-state index in [0.29, 0.717) is 30.7 Å². The summed E-state index contributed by atoms with van der Waals surface area (Å²) in [7, 11) is 3.20. The lowest BCUT2D eigenvalue weighted by atomic mass is 10.2. The largest absolute Gasteiger partial charge is 0.497 e. The lowest BCUT2D eigenvalue weighted by Crippen LogP contribution is -2.04. The Morgan fingerprint density at radius 1 is 1.10 bits per heavy atom. The van der Waals surface area contributed by atoms with E-state index in [1.54, 1.807) is 20.3 Å². The SMILES string of the molecule is COCc1nc(N)cc(OCc2cccc(OC)c2)n1. The second-order valence-electron chi connectivity index (χ2n) is 4.12. The maximum Gasteiger partial charge on any atom is 0.219 e. The summed E-state index contributed by atoms with van der Waals surface area (Å²) in [4.78, 5) is 8.26. The van der Waals surface area contributed by atoms with Gasteiger partial charge in [-0.05, 0) is 17.7 Å². The van der Waals surface area contributed by atoms with E-state index >= 15 is 0 Å². The van der Waals surface area contributed by atoms with Crippen LogP contribution in [-0.4, -0.2) is 24.2 Å². The van der Waals surface area contributed by atoms with Gasteiger partial charge in [0, 0.05) is 13.2 Å². The molecule has 6 nitrogen and oxygen atoms in total. The molecule has 2 N–H and O–H groups in total. The first kappa shape index (κ1) is 14.1. The minimum Gasteiger partial charge on any atom is -0.497 e. The van der Waals surface area contributed by atoms with Crippen molar-refractivity contribution in [3.63, 3.8) is 0 Å². The molecule has 2 rings (SSSR count). The highest BCUT2D eigenvalue weighted by Gasteiger charge is 2.04. The van der Waals surface area contributed by atoms with Crippen LogP contribution in [0, 0.1) is 0 Å². The lowest BCUT2D eigenvalue weighted by Gasteiger charge is -2.08. The van der Waals surface area contributed by atoms with Crippen LogP contribution < -0.4 is 15.2 Å². The quantitative estimate of drug-likeness (QED) is 0.865. The molecule has 0 saturated heterocycles. The van der Waals surface area contributed by atoms with Crippen LogP contribution in [0.1, 0.15) is 11.4 Å². The number of nitrogen functional groups attached to an aromatic ring is 1. The van der Waals surface area contributed by atoms with Crippen molar-refractivity contribution >= 4 is 5.82 Å². The number of anilines is 1. The smallest absolute Gasteiger partial charge is 0.219 e. The van der Waals surface area contributed by atoms with Crippen molar-refractivity contribution < 1.29 is 14.2 Å². The second-order valence-corrected chi connectivity index (χ2v) is 4.12. The number of methoxy groups -OCH3 is 2. The van der Waals surface area contributed by atoms with Crippen molar-refractivity contribution in [3.05, 3.63) is 41.7 Å². The van der Waals surface area contributed by atoms with Crippen molar-refractivity contribution in [2.45, 2.75) is 13.2 Å². The first-order valence-corrected chi connectivity index (χ1v) is 6.09. The molecule has 0 radical (unpaired) electrons. The van der Waals surface area contributed by atoms with Crippen LogP contribution >= 0.6 is 0 Å². The molecule has 0 spiro atoms. The van der Waals surface area contributed by atoms with E-state index in [0.717, 1.165) is 11.3 Å². The molecule has 2 aromatic rings. The Labute approximate surface area is 117 Å². The number of ether oxygens (including phenoxy) is 3. The molecule has 0 aliphatic rings. The number of nitrogens with zero attached hydrogens (tertiary/aromatic N) is 2. The van der Waals surface area contributed by atoms with Gasteiger partial charge in [0.1, 0.15) is 24.8 Å². The van der Waals surface area contributed by atoms with Crippen LogP contribution in [-0.2, 0) is 18.0 Å². The third-order valence-corrected chi connectivity index (χ3v) is 2.56. The molecule has 0 atom stereocenters. The monoisotopic (exact) mass is 275 g/mol. The molecular formula is C14H17N3O3. The summed E-state index contributed by atoms with van der Waals surface area (Å²) < 4.78 is 15.8. The predicted molar refractivity (Wildman–Crippen MR) is 74.5 cm³/mol. The van der Waals surface area contributed by atoms with Crippen LogP contribution in [0.4, 0.5) is 5.82 Å². The van der Waals surface area contributed by atoms with E-state index in [2.05, 4.69) is 9.97 Å². The van der Waals surface area contributed by atoms with Gasteiger partial charge in [0.05, 0.1) is 7.11 Å². The molecule has 0 unspecified atom stereocenters. The second kappa shape index (κ2) is 6.72. The highest BCUT2D eigenvalue weighted by atomic mass is 16.5. The zero-order valence-electron chi connectivity index (χ0n) is 11.5. The maximum atomic E-state index is 5.70. The average molecular weight is 275 g/mol. The number of hydrogen-bond acceptors (Lipinski definition) is 6. The third-order valence-electron chi connectivity index (χ3n) is 2.56. The summed E-state index contributed by atoms with van der Waals surface area (Å²) in [5.74, 6) is 2.06. The van der Waals surface area contributed by atoms with Gasteiger partial charge in [-0.15, -0.1) is 0 Å². The minimum atomic E-state index is 0.292. The fraction of sp³-hybridized carbons (Fsp3) is 0.286. The Morgan fingerprint density at radius 2 is 1.95 bits per heavy atom. The zero-order valence-corrected chi connectivity index (χ0v) is 11.5. The Balaban J connectivity index is 2.06. The van der Waals surface area contributed by atoms with E-state index in [1.807, 2.05) is 24.3 Å². The van der Waals surface area contributed by atoms with Crippen molar-refractivity contribution in [1.29, 1.82) is 0 Å². The van der Waals surface area contributed by atoms with E-state index < -0.39 is 0 Å². The summed E-state index contributed by atoms with van der Waals surface area (Å²) >= 11 is 0. The summed E-state index contributed by atoms with van der Waals surface area (Å²) in [6.07, 6.45) is 0.